The quantitative estimate of drug-likeness (QED) is 0.221. The van der Waals surface area contributed by atoms with Crippen molar-refractivity contribution in [2.24, 2.45) is 0 Å². The summed E-state index contributed by atoms with van der Waals surface area (Å²) in [6, 6.07) is 1.90. The second kappa shape index (κ2) is 11.9. The third-order valence-electron chi connectivity index (χ3n) is 3.26. The minimum atomic E-state index is -2.15. The van der Waals surface area contributed by atoms with Gasteiger partial charge in [0.1, 0.15) is 0 Å². The van der Waals surface area contributed by atoms with Crippen molar-refractivity contribution in [3.05, 3.63) is 12.2 Å². The lowest BCUT2D eigenvalue weighted by atomic mass is 10.3. The highest BCUT2D eigenvalue weighted by Gasteiger charge is 2.35. The predicted molar refractivity (Wildman–Crippen MR) is 88.5 cm³/mol. The maximum Gasteiger partial charge on any atom is 0.338 e. The van der Waals surface area contributed by atoms with E-state index >= 15 is 0 Å². The normalized spacial score (nSPS) is 11.4. The Morgan fingerprint density at radius 3 is 2.05 bits per heavy atom. The maximum absolute atomic E-state index is 11.4. The van der Waals surface area contributed by atoms with Crippen LogP contribution in [-0.2, 0) is 18.4 Å². The van der Waals surface area contributed by atoms with Crippen LogP contribution in [0.15, 0.2) is 12.2 Å². The van der Waals surface area contributed by atoms with Crippen LogP contribution in [0.1, 0.15) is 53.4 Å². The van der Waals surface area contributed by atoms with Crippen molar-refractivity contribution in [1.82, 2.24) is 0 Å². The van der Waals surface area contributed by atoms with Gasteiger partial charge >= 0.3 is 14.5 Å². The molecule has 0 saturated carbocycles. The molecule has 0 heterocycles. The maximum atomic E-state index is 11.4. The number of carbonyl (C=O) groups is 1. The lowest BCUT2D eigenvalue weighted by Crippen LogP contribution is -2.42. The zero-order chi connectivity index (χ0) is 16.1. The molecule has 0 rings (SSSR count). The molecule has 0 aliphatic carbocycles. The fourth-order valence-electron chi connectivity index (χ4n) is 2.26. The highest BCUT2D eigenvalue weighted by molar-refractivity contribution is 6.67. The molecule has 21 heavy (non-hydrogen) atoms. The molecule has 0 radical (unpaired) electrons. The Hall–Kier alpha value is -0.653. The van der Waals surface area contributed by atoms with E-state index in [-0.39, 0.29) is 5.97 Å². The Bertz CT molecular complexity index is 299. The monoisotopic (exact) mass is 316 g/mol. The molecule has 0 amide bonds. The van der Waals surface area contributed by atoms with Crippen LogP contribution < -0.4 is 0 Å². The fraction of sp³-hybridized carbons (Fsp3) is 0.812. The number of hydrogen-bond donors (Lipinski definition) is 0. The average molecular weight is 317 g/mol. The van der Waals surface area contributed by atoms with Gasteiger partial charge in [-0.3, -0.25) is 0 Å². The average Bonchev–Trinajstić information content (AvgIpc) is 2.44. The Balaban J connectivity index is 4.35. The number of carbonyl (C=O) groups excluding carboxylic acids is 1. The van der Waals surface area contributed by atoms with Crippen LogP contribution in [0, 0.1) is 0 Å². The molecular formula is C16H32O4Si. The van der Waals surface area contributed by atoms with E-state index in [1.165, 1.54) is 12.8 Å². The Labute approximate surface area is 131 Å². The highest BCUT2D eigenvalue weighted by atomic mass is 28.4. The molecule has 0 aliphatic heterocycles. The molecule has 124 valence electrons. The van der Waals surface area contributed by atoms with Gasteiger partial charge < -0.3 is 13.6 Å². The van der Waals surface area contributed by atoms with Gasteiger partial charge in [-0.1, -0.05) is 32.8 Å². The molecule has 4 nitrogen and oxygen atoms in total. The second-order valence-corrected chi connectivity index (χ2v) is 8.65. The van der Waals surface area contributed by atoms with Crippen LogP contribution >= 0.6 is 0 Å². The SMILES string of the molecule is C=C(C)C(=O)OCCC[Si](CCCCC)(OCC)OCC. The molecular weight excluding hydrogens is 284 g/mol. The molecule has 0 aromatic carbocycles. The Morgan fingerprint density at radius 1 is 1.00 bits per heavy atom. The van der Waals surface area contributed by atoms with Crippen LogP contribution in [-0.4, -0.2) is 34.4 Å². The van der Waals surface area contributed by atoms with Crippen LogP contribution in [0.3, 0.4) is 0 Å². The summed E-state index contributed by atoms with van der Waals surface area (Å²) in [4.78, 5) is 11.4. The van der Waals surface area contributed by atoms with Crippen LogP contribution in [0.5, 0.6) is 0 Å². The van der Waals surface area contributed by atoms with Gasteiger partial charge in [0.05, 0.1) is 6.61 Å². The van der Waals surface area contributed by atoms with Crippen LogP contribution in [0.2, 0.25) is 12.1 Å². The summed E-state index contributed by atoms with van der Waals surface area (Å²) < 4.78 is 17.2. The summed E-state index contributed by atoms with van der Waals surface area (Å²) in [5, 5.41) is 0. The summed E-state index contributed by atoms with van der Waals surface area (Å²) in [6.45, 7) is 13.2. The number of esters is 1. The summed E-state index contributed by atoms with van der Waals surface area (Å²) in [6.07, 6.45) is 4.34. The van der Waals surface area contributed by atoms with Gasteiger partial charge in [0.25, 0.3) is 0 Å². The standard InChI is InChI=1S/C16H32O4Si/c1-6-9-10-13-21(19-7-2,20-8-3)14-11-12-18-16(17)15(4)5/h4,6-14H2,1-3,5H3. The molecule has 0 bridgehead atoms. The van der Waals surface area contributed by atoms with E-state index in [1.807, 2.05) is 13.8 Å². The zero-order valence-corrected chi connectivity index (χ0v) is 15.2. The van der Waals surface area contributed by atoms with Crippen molar-refractivity contribution < 1.29 is 18.4 Å². The van der Waals surface area contributed by atoms with E-state index in [1.54, 1.807) is 6.92 Å². The molecule has 0 unspecified atom stereocenters. The van der Waals surface area contributed by atoms with Crippen molar-refractivity contribution in [2.45, 2.75) is 65.5 Å². The molecule has 0 saturated heterocycles. The second-order valence-electron chi connectivity index (χ2n) is 5.25. The zero-order valence-electron chi connectivity index (χ0n) is 14.2. The van der Waals surface area contributed by atoms with Gasteiger partial charge in [0.15, 0.2) is 0 Å². The van der Waals surface area contributed by atoms with Crippen LogP contribution in [0.4, 0.5) is 0 Å². The first-order valence-electron chi connectivity index (χ1n) is 8.11. The first kappa shape index (κ1) is 20.3. The predicted octanol–water partition coefficient (Wildman–Crippen LogP) is 4.20. The summed E-state index contributed by atoms with van der Waals surface area (Å²) in [5.41, 5.74) is 0.441. The lowest BCUT2D eigenvalue weighted by molar-refractivity contribution is -0.138. The van der Waals surface area contributed by atoms with E-state index in [9.17, 15) is 4.79 Å². The molecule has 0 N–H and O–H groups in total. The van der Waals surface area contributed by atoms with Gasteiger partial charge in [0.2, 0.25) is 0 Å². The number of rotatable bonds is 13. The van der Waals surface area contributed by atoms with Crippen molar-refractivity contribution in [3.8, 4) is 0 Å². The third kappa shape index (κ3) is 9.06. The Kier molecular flexibility index (Phi) is 11.6. The van der Waals surface area contributed by atoms with Gasteiger partial charge in [-0.2, -0.15) is 0 Å². The molecule has 0 atom stereocenters. The third-order valence-corrected chi connectivity index (χ3v) is 7.12. The number of ether oxygens (including phenoxy) is 1. The van der Waals surface area contributed by atoms with Gasteiger partial charge in [-0.25, -0.2) is 4.79 Å². The van der Waals surface area contributed by atoms with E-state index < -0.39 is 8.56 Å². The molecule has 0 spiro atoms. The number of unbranched alkanes of at least 4 members (excludes halogenated alkanes) is 2. The highest BCUT2D eigenvalue weighted by Crippen LogP contribution is 2.24. The largest absolute Gasteiger partial charge is 0.462 e. The first-order chi connectivity index (χ1) is 10.0. The van der Waals surface area contributed by atoms with Crippen LogP contribution in [0.25, 0.3) is 0 Å². The smallest absolute Gasteiger partial charge is 0.338 e. The summed E-state index contributed by atoms with van der Waals surface area (Å²) >= 11 is 0. The van der Waals surface area contributed by atoms with E-state index in [0.717, 1.165) is 24.9 Å². The van der Waals surface area contributed by atoms with Crippen molar-refractivity contribution in [3.63, 3.8) is 0 Å². The topological polar surface area (TPSA) is 44.8 Å². The Morgan fingerprint density at radius 2 is 1.57 bits per heavy atom. The molecule has 0 fully saturated rings. The van der Waals surface area contributed by atoms with Gasteiger partial charge in [0, 0.05) is 18.8 Å². The molecule has 0 aromatic rings. The first-order valence-corrected chi connectivity index (χ1v) is 10.3. The lowest BCUT2D eigenvalue weighted by Gasteiger charge is -2.30. The van der Waals surface area contributed by atoms with E-state index in [2.05, 4.69) is 13.5 Å². The molecule has 0 aromatic heterocycles. The summed E-state index contributed by atoms with van der Waals surface area (Å²) in [7, 11) is -2.15. The minimum absolute atomic E-state index is 0.318. The number of hydrogen-bond acceptors (Lipinski definition) is 4. The van der Waals surface area contributed by atoms with Crippen molar-refractivity contribution in [1.29, 1.82) is 0 Å². The fourth-order valence-corrected chi connectivity index (χ4v) is 5.69. The van der Waals surface area contributed by atoms with Gasteiger partial charge in [-0.05, 0) is 39.3 Å². The van der Waals surface area contributed by atoms with Crippen molar-refractivity contribution in [2.75, 3.05) is 19.8 Å². The molecule has 5 heteroatoms. The summed E-state index contributed by atoms with van der Waals surface area (Å²) in [5.74, 6) is -0.318. The van der Waals surface area contributed by atoms with Crippen molar-refractivity contribution >= 4 is 14.5 Å². The van der Waals surface area contributed by atoms with E-state index in [4.69, 9.17) is 13.6 Å². The minimum Gasteiger partial charge on any atom is -0.462 e. The van der Waals surface area contributed by atoms with Gasteiger partial charge in [-0.15, -0.1) is 0 Å². The van der Waals surface area contributed by atoms with E-state index in [0.29, 0.717) is 25.4 Å². The molecule has 0 aliphatic rings.